The molecule has 0 radical (unpaired) electrons. The fourth-order valence-corrected chi connectivity index (χ4v) is 4.67. The average molecular weight is 470 g/mol. The quantitative estimate of drug-likeness (QED) is 0.242. The second kappa shape index (κ2) is 8.95. The molecule has 11 heteroatoms. The molecule has 4 fully saturated rings. The predicted octanol–water partition coefficient (Wildman–Crippen LogP) is 0.572. The summed E-state index contributed by atoms with van der Waals surface area (Å²) in [5.74, 6) is -6.23. The highest BCUT2D eigenvalue weighted by Crippen LogP contribution is 2.45. The van der Waals surface area contributed by atoms with Crippen LogP contribution in [0.4, 0.5) is 0 Å². The van der Waals surface area contributed by atoms with Crippen molar-refractivity contribution in [2.24, 2.45) is 11.8 Å². The number of aliphatic hydroxyl groups is 1. The highest BCUT2D eigenvalue weighted by atomic mass is 16.8. The first-order chi connectivity index (χ1) is 15.5. The van der Waals surface area contributed by atoms with Gasteiger partial charge in [0.25, 0.3) is 0 Å². The molecule has 0 bridgehead atoms. The maximum atomic E-state index is 12.2. The van der Waals surface area contributed by atoms with Gasteiger partial charge in [-0.05, 0) is 20.8 Å². The summed E-state index contributed by atoms with van der Waals surface area (Å²) in [4.78, 5) is 36.1. The lowest BCUT2D eigenvalue weighted by Gasteiger charge is -2.40. The number of cyclic esters (lactones) is 2. The zero-order valence-corrected chi connectivity index (χ0v) is 18.9. The minimum Gasteiger partial charge on any atom is -0.465 e. The van der Waals surface area contributed by atoms with Crippen molar-refractivity contribution < 1.29 is 52.6 Å². The van der Waals surface area contributed by atoms with E-state index in [2.05, 4.69) is 6.58 Å². The Morgan fingerprint density at radius 3 is 2.52 bits per heavy atom. The number of hydrogen-bond donors (Lipinski definition) is 1. The number of carbonyl (C=O) groups is 3. The van der Waals surface area contributed by atoms with Crippen LogP contribution in [0.25, 0.3) is 0 Å². The summed E-state index contributed by atoms with van der Waals surface area (Å²) < 4.78 is 39.4. The van der Waals surface area contributed by atoms with Crippen LogP contribution in [-0.2, 0) is 47.5 Å². The lowest BCUT2D eigenvalue weighted by molar-refractivity contribution is -0.293. The lowest BCUT2D eigenvalue weighted by Crippen LogP contribution is -2.54. The standard InChI is InChI=1S/C22H30O11/c1-11(2)17(23)29-10-12-9-15(31-21(3,26)13-5-7-27-18(13)24)16-20(30-12)33-22(4,32-16)14-6-8-28-19(14)25/h12-16,20,26H,1,5-10H2,2-4H3/t12?,13?,14?,15?,16-,20-,21?,22?/m1/s1. The molecular formula is C22H30O11. The molecule has 4 heterocycles. The molecule has 8 atom stereocenters. The van der Waals surface area contributed by atoms with Crippen LogP contribution in [0, 0.1) is 11.8 Å². The molecule has 0 aromatic heterocycles. The van der Waals surface area contributed by atoms with Gasteiger partial charge in [0.2, 0.25) is 0 Å². The van der Waals surface area contributed by atoms with Gasteiger partial charge >= 0.3 is 17.9 Å². The fraction of sp³-hybridized carbons (Fsp3) is 0.773. The minimum atomic E-state index is -1.84. The Kier molecular flexibility index (Phi) is 6.53. The van der Waals surface area contributed by atoms with Gasteiger partial charge in [0.05, 0.1) is 25.4 Å². The van der Waals surface area contributed by atoms with E-state index >= 15 is 0 Å². The third-order valence-corrected chi connectivity index (χ3v) is 6.47. The Bertz CT molecular complexity index is 823. The Morgan fingerprint density at radius 2 is 1.91 bits per heavy atom. The normalized spacial score (nSPS) is 40.0. The van der Waals surface area contributed by atoms with E-state index in [0.29, 0.717) is 12.8 Å². The molecule has 1 N–H and O–H groups in total. The molecule has 0 aromatic rings. The van der Waals surface area contributed by atoms with Crippen LogP contribution in [0.3, 0.4) is 0 Å². The van der Waals surface area contributed by atoms with Crippen LogP contribution in [0.1, 0.15) is 40.0 Å². The van der Waals surface area contributed by atoms with Gasteiger partial charge < -0.3 is 38.3 Å². The molecule has 4 aliphatic rings. The van der Waals surface area contributed by atoms with Crippen LogP contribution in [0.5, 0.6) is 0 Å². The van der Waals surface area contributed by atoms with Gasteiger partial charge in [-0.3, -0.25) is 9.59 Å². The smallest absolute Gasteiger partial charge is 0.333 e. The molecule has 11 nitrogen and oxygen atoms in total. The summed E-state index contributed by atoms with van der Waals surface area (Å²) >= 11 is 0. The van der Waals surface area contributed by atoms with Crippen molar-refractivity contribution in [3.05, 3.63) is 12.2 Å². The maximum Gasteiger partial charge on any atom is 0.333 e. The molecule has 0 aromatic carbocycles. The van der Waals surface area contributed by atoms with Gasteiger partial charge in [-0.1, -0.05) is 6.58 Å². The van der Waals surface area contributed by atoms with E-state index in [1.807, 2.05) is 0 Å². The van der Waals surface area contributed by atoms with Crippen molar-refractivity contribution in [1.29, 1.82) is 0 Å². The first-order valence-electron chi connectivity index (χ1n) is 11.1. The third kappa shape index (κ3) is 4.78. The number of ether oxygens (including phenoxy) is 7. The Morgan fingerprint density at radius 1 is 1.21 bits per heavy atom. The second-order valence-corrected chi connectivity index (χ2v) is 9.19. The summed E-state index contributed by atoms with van der Waals surface area (Å²) in [6.45, 7) is 8.47. The topological polar surface area (TPSA) is 136 Å². The average Bonchev–Trinajstić information content (AvgIpc) is 3.44. The largest absolute Gasteiger partial charge is 0.465 e. The number of hydrogen-bond acceptors (Lipinski definition) is 11. The SMILES string of the molecule is C=C(C)C(=O)OCC1CC(OC(C)(O)C2CCOC2=O)[C@H]2OC(C)(C3CCOC3=O)O[C@H]2O1. The summed E-state index contributed by atoms with van der Waals surface area (Å²) in [5, 5.41) is 11.0. The molecular weight excluding hydrogens is 440 g/mol. The number of carbonyl (C=O) groups excluding carboxylic acids is 3. The molecule has 4 rings (SSSR count). The van der Waals surface area contributed by atoms with Crippen molar-refractivity contribution >= 4 is 17.9 Å². The van der Waals surface area contributed by atoms with Gasteiger partial charge in [-0.25, -0.2) is 4.79 Å². The number of esters is 3. The van der Waals surface area contributed by atoms with Gasteiger partial charge in [-0.15, -0.1) is 0 Å². The van der Waals surface area contributed by atoms with E-state index in [9.17, 15) is 19.5 Å². The minimum absolute atomic E-state index is 0.103. The summed E-state index contributed by atoms with van der Waals surface area (Å²) in [6, 6.07) is 0. The Labute approximate surface area is 191 Å². The molecule has 0 aliphatic carbocycles. The zero-order chi connectivity index (χ0) is 24.0. The summed E-state index contributed by atoms with van der Waals surface area (Å²) in [6.07, 6.45) is -2.29. The van der Waals surface area contributed by atoms with Gasteiger partial charge in [0.15, 0.2) is 17.9 Å². The highest BCUT2D eigenvalue weighted by Gasteiger charge is 2.60. The van der Waals surface area contributed by atoms with Gasteiger partial charge in [0, 0.05) is 24.8 Å². The number of fused-ring (bicyclic) bond motifs is 1. The maximum absolute atomic E-state index is 12.2. The van der Waals surface area contributed by atoms with E-state index in [1.54, 1.807) is 6.92 Å². The van der Waals surface area contributed by atoms with E-state index in [-0.39, 0.29) is 31.8 Å². The zero-order valence-electron chi connectivity index (χ0n) is 18.9. The summed E-state index contributed by atoms with van der Waals surface area (Å²) in [5.41, 5.74) is 0.243. The predicted molar refractivity (Wildman–Crippen MR) is 107 cm³/mol. The molecule has 4 aliphatic heterocycles. The van der Waals surface area contributed by atoms with Crippen molar-refractivity contribution in [1.82, 2.24) is 0 Å². The monoisotopic (exact) mass is 470 g/mol. The van der Waals surface area contributed by atoms with Crippen LogP contribution >= 0.6 is 0 Å². The molecule has 0 amide bonds. The summed E-state index contributed by atoms with van der Waals surface area (Å²) in [7, 11) is 0. The Balaban J connectivity index is 1.53. The van der Waals surface area contributed by atoms with Crippen LogP contribution < -0.4 is 0 Å². The number of rotatable bonds is 7. The van der Waals surface area contributed by atoms with Crippen LogP contribution in [0.2, 0.25) is 0 Å². The van der Waals surface area contributed by atoms with E-state index < -0.39 is 65.9 Å². The molecule has 6 unspecified atom stereocenters. The molecule has 0 saturated carbocycles. The fourth-order valence-electron chi connectivity index (χ4n) is 4.67. The van der Waals surface area contributed by atoms with E-state index in [0.717, 1.165) is 0 Å². The van der Waals surface area contributed by atoms with Gasteiger partial charge in [0.1, 0.15) is 24.5 Å². The third-order valence-electron chi connectivity index (χ3n) is 6.47. The van der Waals surface area contributed by atoms with Crippen molar-refractivity contribution in [2.75, 3.05) is 19.8 Å². The van der Waals surface area contributed by atoms with Crippen LogP contribution in [0.15, 0.2) is 12.2 Å². The first kappa shape index (κ1) is 24.1. The lowest BCUT2D eigenvalue weighted by atomic mass is 9.96. The first-order valence-corrected chi connectivity index (χ1v) is 11.1. The molecule has 4 saturated heterocycles. The van der Waals surface area contributed by atoms with Crippen molar-refractivity contribution in [2.45, 2.75) is 76.2 Å². The molecule has 0 spiro atoms. The van der Waals surface area contributed by atoms with Gasteiger partial charge in [-0.2, -0.15) is 0 Å². The highest BCUT2D eigenvalue weighted by molar-refractivity contribution is 5.86. The second-order valence-electron chi connectivity index (χ2n) is 9.19. The molecule has 184 valence electrons. The van der Waals surface area contributed by atoms with E-state index in [4.69, 9.17) is 33.2 Å². The molecule has 33 heavy (non-hydrogen) atoms. The van der Waals surface area contributed by atoms with Crippen molar-refractivity contribution in [3.63, 3.8) is 0 Å². The van der Waals surface area contributed by atoms with Crippen molar-refractivity contribution in [3.8, 4) is 0 Å². The van der Waals surface area contributed by atoms with E-state index in [1.165, 1.54) is 13.8 Å². The van der Waals surface area contributed by atoms with Crippen LogP contribution in [-0.4, -0.2) is 79.0 Å². The Hall–Kier alpha value is -2.05.